The van der Waals surface area contributed by atoms with E-state index in [1.54, 1.807) is 14.2 Å². The summed E-state index contributed by atoms with van der Waals surface area (Å²) in [6.07, 6.45) is 3.26. The third-order valence-electron chi connectivity index (χ3n) is 5.61. The highest BCUT2D eigenvalue weighted by atomic mass is 127. The van der Waals surface area contributed by atoms with Crippen molar-refractivity contribution in [3.8, 4) is 11.5 Å². The lowest BCUT2D eigenvalue weighted by Crippen LogP contribution is -2.45. The summed E-state index contributed by atoms with van der Waals surface area (Å²) in [5.74, 6) is 4.16. The van der Waals surface area contributed by atoms with Crippen molar-refractivity contribution < 1.29 is 9.47 Å². The fourth-order valence-corrected chi connectivity index (χ4v) is 3.56. The van der Waals surface area contributed by atoms with Crippen molar-refractivity contribution in [1.29, 1.82) is 0 Å². The monoisotopic (exact) mass is 557 g/mol. The molecule has 3 rings (SSSR count). The van der Waals surface area contributed by atoms with E-state index < -0.39 is 0 Å². The van der Waals surface area contributed by atoms with Crippen LogP contribution in [0, 0.1) is 6.92 Å². The van der Waals surface area contributed by atoms with Crippen molar-refractivity contribution in [3.63, 3.8) is 0 Å². The molecule has 1 aliphatic rings. The molecule has 1 aromatic heterocycles. The second-order valence-corrected chi connectivity index (χ2v) is 7.81. The van der Waals surface area contributed by atoms with Gasteiger partial charge in [-0.2, -0.15) is 0 Å². The average molecular weight is 557 g/mol. The third kappa shape index (κ3) is 6.88. The summed E-state index contributed by atoms with van der Waals surface area (Å²) in [6, 6.07) is 6.30. The van der Waals surface area contributed by atoms with Gasteiger partial charge in [0.05, 0.1) is 14.2 Å². The number of aromatic nitrogens is 3. The molecule has 178 valence electrons. The fraction of sp³-hybridized carbons (Fsp3) is 0.591. The highest BCUT2D eigenvalue weighted by molar-refractivity contribution is 14.0. The van der Waals surface area contributed by atoms with Crippen LogP contribution < -0.4 is 25.0 Å². The van der Waals surface area contributed by atoms with Crippen LogP contribution in [-0.4, -0.2) is 60.6 Å². The molecule has 2 N–H and O–H groups in total. The molecule has 0 saturated carbocycles. The van der Waals surface area contributed by atoms with Gasteiger partial charge >= 0.3 is 0 Å². The van der Waals surface area contributed by atoms with Crippen LogP contribution in [-0.2, 0) is 13.6 Å². The zero-order chi connectivity index (χ0) is 22.2. The second kappa shape index (κ2) is 12.7. The van der Waals surface area contributed by atoms with Crippen molar-refractivity contribution in [1.82, 2.24) is 25.4 Å². The maximum Gasteiger partial charge on any atom is 0.191 e. The number of unbranched alkanes of at least 4 members (excludes halogenated alkanes) is 1. The number of hydrogen-bond acceptors (Lipinski definition) is 6. The van der Waals surface area contributed by atoms with E-state index in [4.69, 9.17) is 14.5 Å². The molecule has 2 aromatic rings. The number of aliphatic imine (C=N–C) groups is 1. The van der Waals surface area contributed by atoms with Gasteiger partial charge in [0.2, 0.25) is 0 Å². The van der Waals surface area contributed by atoms with E-state index in [-0.39, 0.29) is 24.0 Å². The minimum atomic E-state index is 0. The van der Waals surface area contributed by atoms with Crippen LogP contribution >= 0.6 is 24.0 Å². The van der Waals surface area contributed by atoms with Crippen molar-refractivity contribution in [2.24, 2.45) is 12.0 Å². The first-order valence-corrected chi connectivity index (χ1v) is 10.9. The number of hydrogen-bond donors (Lipinski definition) is 2. The van der Waals surface area contributed by atoms with Crippen LogP contribution in [0.4, 0.5) is 5.69 Å². The van der Waals surface area contributed by atoms with Gasteiger partial charge in [0, 0.05) is 56.6 Å². The van der Waals surface area contributed by atoms with E-state index in [0.717, 1.165) is 73.7 Å². The van der Waals surface area contributed by atoms with E-state index >= 15 is 0 Å². The predicted molar refractivity (Wildman–Crippen MR) is 139 cm³/mol. The Hall–Kier alpha value is -2.24. The van der Waals surface area contributed by atoms with E-state index in [1.165, 1.54) is 0 Å². The van der Waals surface area contributed by atoms with Crippen LogP contribution in [0.5, 0.6) is 11.5 Å². The Kier molecular flexibility index (Phi) is 10.3. The van der Waals surface area contributed by atoms with Gasteiger partial charge in [-0.3, -0.25) is 0 Å². The largest absolute Gasteiger partial charge is 0.497 e. The van der Waals surface area contributed by atoms with Gasteiger partial charge in [-0.05, 0) is 19.8 Å². The first-order chi connectivity index (χ1) is 15.0. The van der Waals surface area contributed by atoms with Crippen molar-refractivity contribution in [3.05, 3.63) is 29.8 Å². The number of methoxy groups -OCH3 is 2. The molecule has 0 spiro atoms. The summed E-state index contributed by atoms with van der Waals surface area (Å²) >= 11 is 0. The number of aryl methyl sites for hydroxylation is 1. The molecule has 0 radical (unpaired) electrons. The zero-order valence-electron chi connectivity index (χ0n) is 19.7. The average Bonchev–Trinajstić information content (AvgIpc) is 3.38. The Morgan fingerprint density at radius 2 is 1.91 bits per heavy atom. The number of nitrogens with one attached hydrogen (secondary N) is 2. The summed E-state index contributed by atoms with van der Waals surface area (Å²) in [4.78, 5) is 7.11. The highest BCUT2D eigenvalue weighted by Crippen LogP contribution is 2.30. The Bertz CT molecular complexity index is 865. The molecule has 1 unspecified atom stereocenters. The lowest BCUT2D eigenvalue weighted by Gasteiger charge is -2.21. The van der Waals surface area contributed by atoms with E-state index in [9.17, 15) is 0 Å². The highest BCUT2D eigenvalue weighted by Gasteiger charge is 2.24. The van der Waals surface area contributed by atoms with Crippen LogP contribution in [0.15, 0.2) is 23.2 Å². The summed E-state index contributed by atoms with van der Waals surface area (Å²) in [6.45, 7) is 7.35. The van der Waals surface area contributed by atoms with Gasteiger partial charge < -0.3 is 29.6 Å². The predicted octanol–water partition coefficient (Wildman–Crippen LogP) is 2.87. The topological polar surface area (TPSA) is 88.8 Å². The second-order valence-electron chi connectivity index (χ2n) is 7.81. The molecule has 0 amide bonds. The Labute approximate surface area is 208 Å². The smallest absolute Gasteiger partial charge is 0.191 e. The number of benzene rings is 1. The third-order valence-corrected chi connectivity index (χ3v) is 5.61. The number of halogens is 1. The molecule has 1 atom stereocenters. The molecule has 2 heterocycles. The number of ether oxygens (including phenoxy) is 2. The first-order valence-electron chi connectivity index (χ1n) is 10.9. The number of nitrogens with zero attached hydrogens (tertiary/aromatic N) is 5. The fourth-order valence-electron chi connectivity index (χ4n) is 3.56. The lowest BCUT2D eigenvalue weighted by molar-refractivity contribution is 0.394. The molecule has 0 bridgehead atoms. The number of rotatable bonds is 9. The molecule has 32 heavy (non-hydrogen) atoms. The van der Waals surface area contributed by atoms with Crippen molar-refractivity contribution in [2.45, 2.75) is 45.7 Å². The van der Waals surface area contributed by atoms with Crippen LogP contribution in [0.1, 0.15) is 37.8 Å². The molecule has 1 aliphatic heterocycles. The molecule has 1 saturated heterocycles. The molecule has 1 aromatic carbocycles. The number of anilines is 1. The van der Waals surface area contributed by atoms with E-state index in [1.807, 2.05) is 24.6 Å². The van der Waals surface area contributed by atoms with E-state index in [2.05, 4.69) is 44.8 Å². The van der Waals surface area contributed by atoms with Crippen LogP contribution in [0.25, 0.3) is 0 Å². The Morgan fingerprint density at radius 1 is 1.19 bits per heavy atom. The quantitative estimate of drug-likeness (QED) is 0.212. The molecule has 9 nitrogen and oxygen atoms in total. The molecule has 0 aliphatic carbocycles. The summed E-state index contributed by atoms with van der Waals surface area (Å²) in [5, 5.41) is 15.4. The zero-order valence-corrected chi connectivity index (χ0v) is 22.1. The maximum atomic E-state index is 5.42. The van der Waals surface area contributed by atoms with Crippen molar-refractivity contribution in [2.75, 3.05) is 38.8 Å². The van der Waals surface area contributed by atoms with Crippen LogP contribution in [0.2, 0.25) is 0 Å². The van der Waals surface area contributed by atoms with Crippen LogP contribution in [0.3, 0.4) is 0 Å². The minimum absolute atomic E-state index is 0. The maximum absolute atomic E-state index is 5.42. The summed E-state index contributed by atoms with van der Waals surface area (Å²) in [7, 11) is 5.32. The van der Waals surface area contributed by atoms with Gasteiger partial charge in [-0.15, -0.1) is 34.2 Å². The Morgan fingerprint density at radius 3 is 2.50 bits per heavy atom. The molecular weight excluding hydrogens is 521 g/mol. The SMILES string of the molecule is CCCCNC(=NCc1nnc(C)n1C)NC1CCN(c2cc(OC)cc(OC)c2)C1.I. The molecular formula is C22H36IN7O2. The summed E-state index contributed by atoms with van der Waals surface area (Å²) in [5.41, 5.74) is 1.10. The summed E-state index contributed by atoms with van der Waals surface area (Å²) < 4.78 is 12.8. The Balaban J connectivity index is 0.00000363. The van der Waals surface area contributed by atoms with Gasteiger partial charge in [0.25, 0.3) is 0 Å². The van der Waals surface area contributed by atoms with Crippen molar-refractivity contribution >= 4 is 35.6 Å². The van der Waals surface area contributed by atoms with Gasteiger partial charge in [0.15, 0.2) is 11.8 Å². The normalized spacial score (nSPS) is 16.0. The van der Waals surface area contributed by atoms with E-state index in [0.29, 0.717) is 12.6 Å². The first kappa shape index (κ1) is 26.0. The minimum Gasteiger partial charge on any atom is -0.497 e. The molecule has 10 heteroatoms. The molecule has 1 fully saturated rings. The van der Waals surface area contributed by atoms with Gasteiger partial charge in [-0.25, -0.2) is 4.99 Å². The number of guanidine groups is 1. The van der Waals surface area contributed by atoms with Gasteiger partial charge in [-0.1, -0.05) is 13.3 Å². The standard InChI is InChI=1S/C22H35N7O2.HI/c1-6-7-9-23-22(24-14-21-27-26-16(2)28(21)3)25-17-8-10-29(15-17)18-11-19(30-4)13-20(12-18)31-5;/h11-13,17H,6-10,14-15H2,1-5H3,(H2,23,24,25);1H. The van der Waals surface area contributed by atoms with Gasteiger partial charge in [0.1, 0.15) is 23.9 Å². The lowest BCUT2D eigenvalue weighted by atomic mass is 10.2.